The molecule has 6 nitrogen and oxygen atoms in total. The first-order valence-electron chi connectivity index (χ1n) is 6.90. The first kappa shape index (κ1) is 14.0. The van der Waals surface area contributed by atoms with Crippen LogP contribution in [0.3, 0.4) is 0 Å². The highest BCUT2D eigenvalue weighted by Crippen LogP contribution is 2.17. The zero-order chi connectivity index (χ0) is 13.7. The van der Waals surface area contributed by atoms with Gasteiger partial charge in [0.25, 0.3) is 0 Å². The molecular weight excluding hydrogens is 242 g/mol. The Balaban J connectivity index is 2.02. The second-order valence-corrected chi connectivity index (χ2v) is 4.74. The van der Waals surface area contributed by atoms with Gasteiger partial charge in [0.15, 0.2) is 0 Å². The molecule has 1 fully saturated rings. The largest absolute Gasteiger partial charge is 0.395 e. The van der Waals surface area contributed by atoms with E-state index in [0.717, 1.165) is 56.7 Å². The molecule has 0 bridgehead atoms. The third-order valence-corrected chi connectivity index (χ3v) is 3.29. The Morgan fingerprint density at radius 3 is 2.63 bits per heavy atom. The Labute approximate surface area is 114 Å². The van der Waals surface area contributed by atoms with Crippen molar-refractivity contribution in [2.24, 2.45) is 0 Å². The van der Waals surface area contributed by atoms with Gasteiger partial charge in [-0.25, -0.2) is 9.97 Å². The van der Waals surface area contributed by atoms with Gasteiger partial charge in [0, 0.05) is 45.3 Å². The normalized spacial score (nSPS) is 16.7. The zero-order valence-corrected chi connectivity index (χ0v) is 11.8. The molecule has 0 saturated carbocycles. The van der Waals surface area contributed by atoms with Crippen molar-refractivity contribution in [3.63, 3.8) is 0 Å². The van der Waals surface area contributed by atoms with E-state index in [4.69, 9.17) is 5.11 Å². The molecule has 6 heteroatoms. The number of anilines is 2. The molecule has 19 heavy (non-hydrogen) atoms. The number of nitrogens with one attached hydrogen (secondary N) is 1. The van der Waals surface area contributed by atoms with Gasteiger partial charge in [-0.2, -0.15) is 0 Å². The van der Waals surface area contributed by atoms with Gasteiger partial charge in [0.1, 0.15) is 17.5 Å². The molecule has 106 valence electrons. The molecule has 2 N–H and O–H groups in total. The van der Waals surface area contributed by atoms with Crippen molar-refractivity contribution in [3.05, 3.63) is 11.9 Å². The van der Waals surface area contributed by atoms with E-state index in [1.807, 2.05) is 13.0 Å². The summed E-state index contributed by atoms with van der Waals surface area (Å²) in [6.07, 6.45) is 0. The molecule has 2 rings (SSSR count). The molecule has 0 amide bonds. The fourth-order valence-corrected chi connectivity index (χ4v) is 2.33. The molecular formula is C13H23N5O. The number of β-amino-alcohol motifs (C(OH)–C–C–N with tert-alkyl or cyclic N) is 1. The van der Waals surface area contributed by atoms with E-state index in [-0.39, 0.29) is 6.61 Å². The Kier molecular flexibility index (Phi) is 4.93. The maximum Gasteiger partial charge on any atom is 0.134 e. The smallest absolute Gasteiger partial charge is 0.134 e. The first-order valence-corrected chi connectivity index (χ1v) is 6.90. The third-order valence-electron chi connectivity index (χ3n) is 3.29. The van der Waals surface area contributed by atoms with Gasteiger partial charge in [0.05, 0.1) is 6.61 Å². The van der Waals surface area contributed by atoms with E-state index in [2.05, 4.69) is 32.0 Å². The number of nitrogens with zero attached hydrogens (tertiary/aromatic N) is 4. The maximum atomic E-state index is 8.95. The van der Waals surface area contributed by atoms with E-state index < -0.39 is 0 Å². The maximum absolute atomic E-state index is 8.95. The fourth-order valence-electron chi connectivity index (χ4n) is 2.33. The van der Waals surface area contributed by atoms with Crippen molar-refractivity contribution >= 4 is 11.6 Å². The summed E-state index contributed by atoms with van der Waals surface area (Å²) in [4.78, 5) is 13.4. The van der Waals surface area contributed by atoms with Gasteiger partial charge >= 0.3 is 0 Å². The van der Waals surface area contributed by atoms with Crippen LogP contribution in [0.4, 0.5) is 11.6 Å². The minimum absolute atomic E-state index is 0.233. The fraction of sp³-hybridized carbons (Fsp3) is 0.692. The van der Waals surface area contributed by atoms with Gasteiger partial charge in [-0.3, -0.25) is 4.90 Å². The minimum Gasteiger partial charge on any atom is -0.395 e. The van der Waals surface area contributed by atoms with Crippen LogP contribution in [0.25, 0.3) is 0 Å². The summed E-state index contributed by atoms with van der Waals surface area (Å²) in [5.74, 6) is 2.68. The van der Waals surface area contributed by atoms with E-state index >= 15 is 0 Å². The summed E-state index contributed by atoms with van der Waals surface area (Å²) in [6, 6.07) is 2.01. The molecule has 0 unspecified atom stereocenters. The van der Waals surface area contributed by atoms with Crippen molar-refractivity contribution in [2.75, 3.05) is 56.1 Å². The van der Waals surface area contributed by atoms with Crippen molar-refractivity contribution < 1.29 is 5.11 Å². The van der Waals surface area contributed by atoms with Crippen molar-refractivity contribution in [1.82, 2.24) is 14.9 Å². The quantitative estimate of drug-likeness (QED) is 0.800. The van der Waals surface area contributed by atoms with Crippen molar-refractivity contribution in [1.29, 1.82) is 0 Å². The topological polar surface area (TPSA) is 64.5 Å². The molecule has 1 aliphatic rings. The standard InChI is InChI=1S/C13H23N5O/c1-3-14-12-10-13(16-11(2)15-12)18-6-4-17(5-7-18)8-9-19/h10,19H,3-9H2,1-2H3,(H,14,15,16). The number of aliphatic hydroxyl groups excluding tert-OH is 1. The highest BCUT2D eigenvalue weighted by molar-refractivity contribution is 5.49. The molecule has 0 aromatic carbocycles. The number of aryl methyl sites for hydroxylation is 1. The zero-order valence-electron chi connectivity index (χ0n) is 11.8. The number of hydrogen-bond acceptors (Lipinski definition) is 6. The highest BCUT2D eigenvalue weighted by atomic mass is 16.3. The minimum atomic E-state index is 0.233. The van der Waals surface area contributed by atoms with Crippen molar-refractivity contribution in [2.45, 2.75) is 13.8 Å². The molecule has 0 radical (unpaired) electrons. The van der Waals surface area contributed by atoms with Crippen LogP contribution in [0.5, 0.6) is 0 Å². The Morgan fingerprint density at radius 1 is 1.26 bits per heavy atom. The average molecular weight is 265 g/mol. The van der Waals surface area contributed by atoms with E-state index in [1.165, 1.54) is 0 Å². The number of aromatic nitrogens is 2. The summed E-state index contributed by atoms with van der Waals surface area (Å²) in [5.41, 5.74) is 0. The van der Waals surface area contributed by atoms with E-state index in [9.17, 15) is 0 Å². The van der Waals surface area contributed by atoms with Gasteiger partial charge in [-0.15, -0.1) is 0 Å². The highest BCUT2D eigenvalue weighted by Gasteiger charge is 2.18. The van der Waals surface area contributed by atoms with Gasteiger partial charge < -0.3 is 15.3 Å². The lowest BCUT2D eigenvalue weighted by Gasteiger charge is -2.35. The predicted octanol–water partition coefficient (Wildman–Crippen LogP) is 0.331. The SMILES string of the molecule is CCNc1cc(N2CCN(CCO)CC2)nc(C)n1. The molecule has 2 heterocycles. The Bertz CT molecular complexity index is 404. The van der Waals surface area contributed by atoms with Crippen LogP contribution in [-0.4, -0.2) is 65.8 Å². The third kappa shape index (κ3) is 3.78. The van der Waals surface area contributed by atoms with E-state index in [0.29, 0.717) is 0 Å². The number of aliphatic hydroxyl groups is 1. The van der Waals surface area contributed by atoms with Gasteiger partial charge in [0.2, 0.25) is 0 Å². The molecule has 1 aromatic heterocycles. The average Bonchev–Trinajstić information content (AvgIpc) is 2.40. The molecule has 1 saturated heterocycles. The number of hydrogen-bond donors (Lipinski definition) is 2. The molecule has 1 aromatic rings. The Morgan fingerprint density at radius 2 is 2.00 bits per heavy atom. The van der Waals surface area contributed by atoms with Crippen LogP contribution in [0.2, 0.25) is 0 Å². The summed E-state index contributed by atoms with van der Waals surface area (Å²) < 4.78 is 0. The monoisotopic (exact) mass is 265 g/mol. The summed E-state index contributed by atoms with van der Waals surface area (Å²) in [5, 5.41) is 12.2. The summed E-state index contributed by atoms with van der Waals surface area (Å²) in [7, 11) is 0. The van der Waals surface area contributed by atoms with Gasteiger partial charge in [-0.05, 0) is 13.8 Å². The van der Waals surface area contributed by atoms with Crippen LogP contribution in [-0.2, 0) is 0 Å². The molecule has 0 aliphatic carbocycles. The predicted molar refractivity (Wildman–Crippen MR) is 76.7 cm³/mol. The van der Waals surface area contributed by atoms with Crippen LogP contribution in [0, 0.1) is 6.92 Å². The summed E-state index contributed by atoms with van der Waals surface area (Å²) >= 11 is 0. The number of rotatable bonds is 5. The summed E-state index contributed by atoms with van der Waals surface area (Å²) in [6.45, 7) is 9.68. The second-order valence-electron chi connectivity index (χ2n) is 4.74. The Hall–Kier alpha value is -1.40. The lowest BCUT2D eigenvalue weighted by Crippen LogP contribution is -2.47. The second kappa shape index (κ2) is 6.68. The molecule has 0 atom stereocenters. The lowest BCUT2D eigenvalue weighted by molar-refractivity contribution is 0.188. The van der Waals surface area contributed by atoms with Crippen LogP contribution >= 0.6 is 0 Å². The van der Waals surface area contributed by atoms with Crippen molar-refractivity contribution in [3.8, 4) is 0 Å². The first-order chi connectivity index (χ1) is 9.22. The van der Waals surface area contributed by atoms with Crippen LogP contribution in [0.15, 0.2) is 6.07 Å². The lowest BCUT2D eigenvalue weighted by atomic mass is 10.3. The van der Waals surface area contributed by atoms with Crippen LogP contribution in [0.1, 0.15) is 12.7 Å². The molecule has 1 aliphatic heterocycles. The number of piperazine rings is 1. The van der Waals surface area contributed by atoms with Crippen LogP contribution < -0.4 is 10.2 Å². The van der Waals surface area contributed by atoms with Gasteiger partial charge in [-0.1, -0.05) is 0 Å². The van der Waals surface area contributed by atoms with E-state index in [1.54, 1.807) is 0 Å². The molecule has 0 spiro atoms.